The molecule has 0 atom stereocenters. The lowest BCUT2D eigenvalue weighted by Gasteiger charge is -2.20. The third-order valence-corrected chi connectivity index (χ3v) is 5.84. The SMILES string of the molecule is Cc1c(C(=O)N2CCCN(S(C)(=O)=O)CC2)oc2ccc(Cl)cc12. The number of sulfonamides is 1. The molecule has 0 spiro atoms. The molecule has 0 saturated carbocycles. The topological polar surface area (TPSA) is 70.8 Å². The minimum absolute atomic E-state index is 0.213. The van der Waals surface area contributed by atoms with Crippen LogP contribution in [-0.2, 0) is 10.0 Å². The largest absolute Gasteiger partial charge is 0.451 e. The molecule has 24 heavy (non-hydrogen) atoms. The summed E-state index contributed by atoms with van der Waals surface area (Å²) in [6, 6.07) is 5.24. The Morgan fingerprint density at radius 1 is 1.21 bits per heavy atom. The number of hydrogen-bond donors (Lipinski definition) is 0. The quantitative estimate of drug-likeness (QED) is 0.814. The molecule has 1 aliphatic rings. The van der Waals surface area contributed by atoms with Crippen LogP contribution in [0.1, 0.15) is 22.5 Å². The Kier molecular flexibility index (Phi) is 4.59. The van der Waals surface area contributed by atoms with E-state index in [0.29, 0.717) is 49.0 Å². The first kappa shape index (κ1) is 17.3. The van der Waals surface area contributed by atoms with E-state index in [-0.39, 0.29) is 5.91 Å². The van der Waals surface area contributed by atoms with E-state index in [9.17, 15) is 13.2 Å². The maximum absolute atomic E-state index is 12.8. The van der Waals surface area contributed by atoms with Crippen LogP contribution in [0.25, 0.3) is 11.0 Å². The number of nitrogens with zero attached hydrogens (tertiary/aromatic N) is 2. The highest BCUT2D eigenvalue weighted by molar-refractivity contribution is 7.88. The number of rotatable bonds is 2. The molecule has 1 saturated heterocycles. The van der Waals surface area contributed by atoms with Gasteiger partial charge in [0.05, 0.1) is 6.26 Å². The van der Waals surface area contributed by atoms with Crippen LogP contribution in [0.15, 0.2) is 22.6 Å². The van der Waals surface area contributed by atoms with Crippen LogP contribution in [0.3, 0.4) is 0 Å². The first-order valence-corrected chi connectivity index (χ1v) is 9.93. The zero-order valence-electron chi connectivity index (χ0n) is 13.6. The van der Waals surface area contributed by atoms with Crippen LogP contribution >= 0.6 is 11.6 Å². The number of carbonyl (C=O) groups is 1. The monoisotopic (exact) mass is 370 g/mol. The van der Waals surface area contributed by atoms with Gasteiger partial charge in [-0.15, -0.1) is 0 Å². The maximum Gasteiger partial charge on any atom is 0.289 e. The van der Waals surface area contributed by atoms with Crippen molar-refractivity contribution in [1.29, 1.82) is 0 Å². The average Bonchev–Trinajstić information content (AvgIpc) is 2.71. The third-order valence-electron chi connectivity index (χ3n) is 4.30. The summed E-state index contributed by atoms with van der Waals surface area (Å²) in [5, 5.41) is 1.41. The lowest BCUT2D eigenvalue weighted by molar-refractivity contribution is 0.0733. The molecule has 0 unspecified atom stereocenters. The smallest absolute Gasteiger partial charge is 0.289 e. The molecule has 1 amide bonds. The highest BCUT2D eigenvalue weighted by atomic mass is 35.5. The number of carbonyl (C=O) groups excluding carboxylic acids is 1. The molecule has 0 bridgehead atoms. The fourth-order valence-corrected chi connectivity index (χ4v) is 4.02. The Labute approximate surface area is 146 Å². The van der Waals surface area contributed by atoms with Gasteiger partial charge in [-0.1, -0.05) is 11.6 Å². The Hall–Kier alpha value is -1.57. The van der Waals surface area contributed by atoms with Crippen molar-refractivity contribution in [2.75, 3.05) is 32.4 Å². The number of fused-ring (bicyclic) bond motifs is 1. The summed E-state index contributed by atoms with van der Waals surface area (Å²) in [5.74, 6) is 0.0789. The number of hydrogen-bond acceptors (Lipinski definition) is 4. The fraction of sp³-hybridized carbons (Fsp3) is 0.438. The van der Waals surface area contributed by atoms with Gasteiger partial charge in [0.25, 0.3) is 5.91 Å². The molecule has 1 aromatic carbocycles. The van der Waals surface area contributed by atoms with Crippen LogP contribution in [0.4, 0.5) is 0 Å². The number of halogens is 1. The highest BCUT2D eigenvalue weighted by Crippen LogP contribution is 2.29. The molecule has 1 aliphatic heterocycles. The van der Waals surface area contributed by atoms with E-state index in [2.05, 4.69) is 0 Å². The second kappa shape index (κ2) is 6.38. The fourth-order valence-electron chi connectivity index (χ4n) is 2.97. The van der Waals surface area contributed by atoms with Gasteiger partial charge in [0.2, 0.25) is 10.0 Å². The number of furan rings is 1. The zero-order valence-corrected chi connectivity index (χ0v) is 15.2. The summed E-state index contributed by atoms with van der Waals surface area (Å²) >= 11 is 6.01. The normalized spacial score (nSPS) is 17.2. The van der Waals surface area contributed by atoms with Crippen molar-refractivity contribution in [3.8, 4) is 0 Å². The van der Waals surface area contributed by atoms with Gasteiger partial charge < -0.3 is 9.32 Å². The minimum Gasteiger partial charge on any atom is -0.451 e. The standard InChI is InChI=1S/C16H19ClN2O4S/c1-11-13-10-12(17)4-5-14(13)23-15(11)16(20)18-6-3-7-19(9-8-18)24(2,21)22/h4-5,10H,3,6-9H2,1-2H3. The minimum atomic E-state index is -3.24. The van der Waals surface area contributed by atoms with Crippen LogP contribution in [0, 0.1) is 6.92 Å². The summed E-state index contributed by atoms with van der Waals surface area (Å²) in [7, 11) is -3.24. The molecule has 130 valence electrons. The highest BCUT2D eigenvalue weighted by Gasteiger charge is 2.27. The van der Waals surface area contributed by atoms with E-state index in [1.807, 2.05) is 6.92 Å². The molecule has 6 nitrogen and oxygen atoms in total. The summed E-state index contributed by atoms with van der Waals surface area (Å²) in [4.78, 5) is 14.5. The van der Waals surface area contributed by atoms with Crippen LogP contribution in [0.5, 0.6) is 0 Å². The van der Waals surface area contributed by atoms with E-state index >= 15 is 0 Å². The van der Waals surface area contributed by atoms with E-state index in [4.69, 9.17) is 16.0 Å². The zero-order chi connectivity index (χ0) is 17.5. The molecular formula is C16H19ClN2O4S. The van der Waals surface area contributed by atoms with Gasteiger partial charge in [0.1, 0.15) is 5.58 Å². The van der Waals surface area contributed by atoms with Crippen molar-refractivity contribution in [3.63, 3.8) is 0 Å². The first-order chi connectivity index (χ1) is 11.3. The number of benzene rings is 1. The summed E-state index contributed by atoms with van der Waals surface area (Å²) in [5.41, 5.74) is 1.37. The summed E-state index contributed by atoms with van der Waals surface area (Å²) in [6.45, 7) is 3.41. The van der Waals surface area contributed by atoms with Crippen LogP contribution in [-0.4, -0.2) is 56.0 Å². The summed E-state index contributed by atoms with van der Waals surface area (Å²) in [6.07, 6.45) is 1.79. The van der Waals surface area contributed by atoms with Crippen molar-refractivity contribution in [2.45, 2.75) is 13.3 Å². The molecule has 2 heterocycles. The summed E-state index contributed by atoms with van der Waals surface area (Å²) < 4.78 is 30.5. The second-order valence-corrected chi connectivity index (χ2v) is 8.42. The lowest BCUT2D eigenvalue weighted by Crippen LogP contribution is -2.37. The van der Waals surface area contributed by atoms with E-state index in [1.54, 1.807) is 23.1 Å². The van der Waals surface area contributed by atoms with Crippen LogP contribution < -0.4 is 0 Å². The van der Waals surface area contributed by atoms with Gasteiger partial charge in [-0.3, -0.25) is 4.79 Å². The van der Waals surface area contributed by atoms with Crippen molar-refractivity contribution in [2.24, 2.45) is 0 Å². The van der Waals surface area contributed by atoms with E-state index < -0.39 is 10.0 Å². The molecule has 2 aromatic rings. The lowest BCUT2D eigenvalue weighted by atomic mass is 10.1. The second-order valence-electron chi connectivity index (χ2n) is 6.00. The van der Waals surface area contributed by atoms with Gasteiger partial charge in [0.15, 0.2) is 5.76 Å². The van der Waals surface area contributed by atoms with Crippen molar-refractivity contribution >= 4 is 38.5 Å². The van der Waals surface area contributed by atoms with Gasteiger partial charge in [-0.2, -0.15) is 0 Å². The predicted octanol–water partition coefficient (Wildman–Crippen LogP) is 2.50. The van der Waals surface area contributed by atoms with E-state index in [0.717, 1.165) is 10.9 Å². The Morgan fingerprint density at radius 3 is 2.67 bits per heavy atom. The van der Waals surface area contributed by atoms with Gasteiger partial charge >= 0.3 is 0 Å². The average molecular weight is 371 g/mol. The van der Waals surface area contributed by atoms with Crippen molar-refractivity contribution in [1.82, 2.24) is 9.21 Å². The van der Waals surface area contributed by atoms with E-state index in [1.165, 1.54) is 10.6 Å². The molecule has 0 aliphatic carbocycles. The van der Waals surface area contributed by atoms with Gasteiger partial charge in [-0.25, -0.2) is 12.7 Å². The third kappa shape index (κ3) is 3.29. The van der Waals surface area contributed by atoms with Crippen molar-refractivity contribution < 1.29 is 17.6 Å². The number of aryl methyl sites for hydroxylation is 1. The van der Waals surface area contributed by atoms with Gasteiger partial charge in [-0.05, 0) is 31.5 Å². The molecule has 1 fully saturated rings. The predicted molar refractivity (Wildman–Crippen MR) is 92.9 cm³/mol. The Bertz CT molecular complexity index is 891. The van der Waals surface area contributed by atoms with Crippen molar-refractivity contribution in [3.05, 3.63) is 34.5 Å². The maximum atomic E-state index is 12.8. The molecule has 1 aromatic heterocycles. The molecule has 8 heteroatoms. The first-order valence-electron chi connectivity index (χ1n) is 7.70. The molecular weight excluding hydrogens is 352 g/mol. The Balaban J connectivity index is 1.85. The molecule has 0 N–H and O–H groups in total. The molecule has 3 rings (SSSR count). The molecule has 0 radical (unpaired) electrons. The van der Waals surface area contributed by atoms with Crippen LogP contribution in [0.2, 0.25) is 5.02 Å². The van der Waals surface area contributed by atoms with Gasteiger partial charge in [0, 0.05) is 42.2 Å². The Morgan fingerprint density at radius 2 is 1.96 bits per heavy atom. The number of amides is 1.